The van der Waals surface area contributed by atoms with E-state index in [1.54, 1.807) is 34.0 Å². The Kier molecular flexibility index (Phi) is 5.74. The number of thiophene rings is 2. The molecule has 110 valence electrons. The summed E-state index contributed by atoms with van der Waals surface area (Å²) in [4.78, 5) is 2.13. The first-order valence-electron chi connectivity index (χ1n) is 6.29. The van der Waals surface area contributed by atoms with Gasteiger partial charge in [0.1, 0.15) is 0 Å². The highest BCUT2D eigenvalue weighted by Crippen LogP contribution is 2.20. The van der Waals surface area contributed by atoms with Crippen molar-refractivity contribution in [1.29, 1.82) is 0 Å². The predicted octanol–water partition coefficient (Wildman–Crippen LogP) is 2.36. The molecular weight excluding hydrogens is 312 g/mol. The summed E-state index contributed by atoms with van der Waals surface area (Å²) in [5, 5.41) is 6.84. The molecule has 0 aromatic carbocycles. The van der Waals surface area contributed by atoms with Gasteiger partial charge in [-0.25, -0.2) is 8.42 Å². The van der Waals surface area contributed by atoms with Gasteiger partial charge in [0.2, 0.25) is 10.0 Å². The van der Waals surface area contributed by atoms with Crippen LogP contribution >= 0.6 is 22.7 Å². The van der Waals surface area contributed by atoms with E-state index in [0.717, 1.165) is 9.75 Å². The van der Waals surface area contributed by atoms with Crippen molar-refractivity contribution in [1.82, 2.24) is 9.62 Å². The molecule has 2 aromatic heterocycles. The minimum absolute atomic E-state index is 0.125. The normalized spacial score (nSPS) is 12.1. The maximum atomic E-state index is 12.4. The van der Waals surface area contributed by atoms with Crippen LogP contribution in [0, 0.1) is 0 Å². The van der Waals surface area contributed by atoms with Crippen LogP contribution in [-0.4, -0.2) is 32.1 Å². The molecule has 0 amide bonds. The zero-order valence-electron chi connectivity index (χ0n) is 11.3. The van der Waals surface area contributed by atoms with Crippen molar-refractivity contribution >= 4 is 32.7 Å². The lowest BCUT2D eigenvalue weighted by Gasteiger charge is -2.21. The standard InChI is InChI=1S/C13H18N2O2S3/c1-14-6-9-20(16,17)15(10-12-4-2-7-18-12)11-13-5-3-8-19-13/h2-5,7-8,14H,6,9-11H2,1H3. The van der Waals surface area contributed by atoms with Crippen LogP contribution in [0.5, 0.6) is 0 Å². The van der Waals surface area contributed by atoms with Crippen molar-refractivity contribution in [2.75, 3.05) is 19.3 Å². The second kappa shape index (κ2) is 7.33. The summed E-state index contributed by atoms with van der Waals surface area (Å²) in [6, 6.07) is 7.84. The highest BCUT2D eigenvalue weighted by Gasteiger charge is 2.22. The zero-order valence-corrected chi connectivity index (χ0v) is 13.7. The smallest absolute Gasteiger partial charge is 0.216 e. The average Bonchev–Trinajstić information content (AvgIpc) is 3.09. The van der Waals surface area contributed by atoms with Crippen LogP contribution in [0.3, 0.4) is 0 Å². The van der Waals surface area contributed by atoms with Gasteiger partial charge in [-0.3, -0.25) is 0 Å². The zero-order chi connectivity index (χ0) is 14.4. The molecule has 0 spiro atoms. The van der Waals surface area contributed by atoms with Crippen molar-refractivity contribution in [3.63, 3.8) is 0 Å². The number of hydrogen-bond acceptors (Lipinski definition) is 5. The molecule has 7 heteroatoms. The lowest BCUT2D eigenvalue weighted by Crippen LogP contribution is -2.34. The Morgan fingerprint density at radius 1 is 1.10 bits per heavy atom. The molecule has 20 heavy (non-hydrogen) atoms. The van der Waals surface area contributed by atoms with E-state index in [1.807, 2.05) is 35.0 Å². The van der Waals surface area contributed by atoms with E-state index in [-0.39, 0.29) is 5.75 Å². The third kappa shape index (κ3) is 4.39. The quantitative estimate of drug-likeness (QED) is 0.808. The van der Waals surface area contributed by atoms with Crippen LogP contribution in [0.25, 0.3) is 0 Å². The van der Waals surface area contributed by atoms with Crippen LogP contribution < -0.4 is 5.32 Å². The Balaban J connectivity index is 2.14. The lowest BCUT2D eigenvalue weighted by atomic mass is 10.4. The van der Waals surface area contributed by atoms with E-state index < -0.39 is 10.0 Å². The number of rotatable bonds is 8. The van der Waals surface area contributed by atoms with Gasteiger partial charge in [-0.15, -0.1) is 22.7 Å². The Morgan fingerprint density at radius 3 is 2.05 bits per heavy atom. The third-order valence-electron chi connectivity index (χ3n) is 2.83. The van der Waals surface area contributed by atoms with E-state index in [2.05, 4.69) is 5.32 Å². The molecule has 0 unspecified atom stereocenters. The van der Waals surface area contributed by atoms with Gasteiger partial charge in [0.05, 0.1) is 5.75 Å². The molecule has 2 rings (SSSR count). The van der Waals surface area contributed by atoms with E-state index in [4.69, 9.17) is 0 Å². The average molecular weight is 330 g/mol. The SMILES string of the molecule is CNCCS(=O)(=O)N(Cc1cccs1)Cc1cccs1. The summed E-state index contributed by atoms with van der Waals surface area (Å²) in [6.45, 7) is 1.36. The fourth-order valence-corrected chi connectivity index (χ4v) is 4.76. The molecule has 0 saturated heterocycles. The molecule has 0 fully saturated rings. The second-order valence-electron chi connectivity index (χ2n) is 4.35. The van der Waals surface area contributed by atoms with Gasteiger partial charge in [-0.2, -0.15) is 4.31 Å². The van der Waals surface area contributed by atoms with Gasteiger partial charge < -0.3 is 5.32 Å². The van der Waals surface area contributed by atoms with Crippen LogP contribution in [0.4, 0.5) is 0 Å². The summed E-state index contributed by atoms with van der Waals surface area (Å²) in [6.07, 6.45) is 0. The van der Waals surface area contributed by atoms with Gasteiger partial charge in [-0.1, -0.05) is 12.1 Å². The highest BCUT2D eigenvalue weighted by molar-refractivity contribution is 7.89. The number of hydrogen-bond donors (Lipinski definition) is 1. The molecule has 0 saturated carbocycles. The fourth-order valence-electron chi connectivity index (χ4n) is 1.77. The van der Waals surface area contributed by atoms with Gasteiger partial charge in [0, 0.05) is 29.4 Å². The Bertz CT molecular complexity index is 555. The minimum atomic E-state index is -3.25. The fraction of sp³-hybridized carbons (Fsp3) is 0.385. The summed E-state index contributed by atoms with van der Waals surface area (Å²) in [5.41, 5.74) is 0. The number of nitrogens with zero attached hydrogens (tertiary/aromatic N) is 1. The maximum Gasteiger partial charge on any atom is 0.216 e. The van der Waals surface area contributed by atoms with Crippen molar-refractivity contribution in [2.24, 2.45) is 0 Å². The minimum Gasteiger partial charge on any atom is -0.319 e. The van der Waals surface area contributed by atoms with Gasteiger partial charge in [0.15, 0.2) is 0 Å². The highest BCUT2D eigenvalue weighted by atomic mass is 32.2. The van der Waals surface area contributed by atoms with E-state index in [0.29, 0.717) is 19.6 Å². The lowest BCUT2D eigenvalue weighted by molar-refractivity contribution is 0.406. The molecule has 1 N–H and O–H groups in total. The molecule has 0 aliphatic rings. The van der Waals surface area contributed by atoms with Gasteiger partial charge in [0.25, 0.3) is 0 Å². The molecule has 0 aliphatic carbocycles. The Labute approximate surface area is 128 Å². The van der Waals surface area contributed by atoms with Gasteiger partial charge >= 0.3 is 0 Å². The molecule has 0 aliphatic heterocycles. The molecule has 4 nitrogen and oxygen atoms in total. The van der Waals surface area contributed by atoms with Crippen LogP contribution in [-0.2, 0) is 23.1 Å². The first-order chi connectivity index (χ1) is 9.62. The third-order valence-corrected chi connectivity index (χ3v) is 6.32. The van der Waals surface area contributed by atoms with E-state index >= 15 is 0 Å². The largest absolute Gasteiger partial charge is 0.319 e. The predicted molar refractivity (Wildman–Crippen MR) is 85.6 cm³/mol. The van der Waals surface area contributed by atoms with Crippen molar-refractivity contribution < 1.29 is 8.42 Å². The number of nitrogens with one attached hydrogen (secondary N) is 1. The first kappa shape index (κ1) is 15.7. The summed E-state index contributed by atoms with van der Waals surface area (Å²) in [7, 11) is -1.49. The molecule has 0 bridgehead atoms. The van der Waals surface area contributed by atoms with Crippen molar-refractivity contribution in [2.45, 2.75) is 13.1 Å². The van der Waals surface area contributed by atoms with Crippen LogP contribution in [0.1, 0.15) is 9.75 Å². The van der Waals surface area contributed by atoms with Crippen LogP contribution in [0.2, 0.25) is 0 Å². The summed E-state index contributed by atoms with van der Waals surface area (Å²) >= 11 is 3.17. The van der Waals surface area contributed by atoms with Gasteiger partial charge in [-0.05, 0) is 29.9 Å². The molecule has 0 radical (unpaired) electrons. The topological polar surface area (TPSA) is 49.4 Å². The molecular formula is C13H18N2O2S3. The summed E-state index contributed by atoms with van der Waals surface area (Å²) in [5.74, 6) is 0.125. The first-order valence-corrected chi connectivity index (χ1v) is 9.66. The van der Waals surface area contributed by atoms with Crippen molar-refractivity contribution in [3.05, 3.63) is 44.8 Å². The number of sulfonamides is 1. The second-order valence-corrected chi connectivity index (χ2v) is 8.50. The monoisotopic (exact) mass is 330 g/mol. The molecule has 2 aromatic rings. The molecule has 0 atom stereocenters. The van der Waals surface area contributed by atoms with E-state index in [9.17, 15) is 8.42 Å². The van der Waals surface area contributed by atoms with Crippen LogP contribution in [0.15, 0.2) is 35.0 Å². The summed E-state index contributed by atoms with van der Waals surface area (Å²) < 4.78 is 26.4. The Morgan fingerprint density at radius 2 is 1.65 bits per heavy atom. The van der Waals surface area contributed by atoms with Crippen molar-refractivity contribution in [3.8, 4) is 0 Å². The molecule has 2 heterocycles. The Hall–Kier alpha value is -0.730. The maximum absolute atomic E-state index is 12.4. The van der Waals surface area contributed by atoms with E-state index in [1.165, 1.54) is 0 Å².